The third-order valence-corrected chi connectivity index (χ3v) is 24.2. The zero-order valence-corrected chi connectivity index (χ0v) is 30.1. The molecule has 1 unspecified atom stereocenters. The number of aliphatic hydroxyl groups is 2. The van der Waals surface area contributed by atoms with Gasteiger partial charge >= 0.3 is 0 Å². The molecule has 2 N–H and O–H groups in total. The van der Waals surface area contributed by atoms with E-state index in [-0.39, 0.29) is 34.1 Å². The maximum atomic E-state index is 9.70. The molecule has 36 heavy (non-hydrogen) atoms. The molecule has 0 aliphatic heterocycles. The Morgan fingerprint density at radius 3 is 1.56 bits per heavy atom. The fraction of sp³-hybridized carbons (Fsp3) is 1.00. The highest BCUT2D eigenvalue weighted by molar-refractivity contribution is 6.81. The van der Waals surface area contributed by atoms with Crippen LogP contribution in [0, 0.1) is 5.41 Å². The lowest BCUT2D eigenvalue weighted by molar-refractivity contribution is -0.0301. The van der Waals surface area contributed by atoms with Crippen LogP contribution < -0.4 is 0 Å². The average Bonchev–Trinajstić information content (AvgIpc) is 2.68. The molecular weight excluding hydrogens is 501 g/mol. The van der Waals surface area contributed by atoms with Crippen LogP contribution in [0.1, 0.15) is 82.1 Å². The van der Waals surface area contributed by atoms with Crippen molar-refractivity contribution in [3.63, 3.8) is 0 Å². The van der Waals surface area contributed by atoms with Crippen molar-refractivity contribution in [2.45, 2.75) is 148 Å². The Kier molecular flexibility index (Phi) is 12.5. The molecule has 0 aliphatic carbocycles. The first-order chi connectivity index (χ1) is 15.8. The van der Waals surface area contributed by atoms with Crippen LogP contribution >= 0.6 is 0 Å². The van der Waals surface area contributed by atoms with Crippen LogP contribution in [0.2, 0.25) is 55.4 Å². The van der Waals surface area contributed by atoms with E-state index in [1.165, 1.54) is 0 Å². The van der Waals surface area contributed by atoms with Crippen LogP contribution in [0.15, 0.2) is 0 Å². The second-order valence-corrected chi connectivity index (χ2v) is 30.3. The number of hydrogen-bond donors (Lipinski definition) is 2. The summed E-state index contributed by atoms with van der Waals surface area (Å²) >= 11 is 0. The van der Waals surface area contributed by atoms with Gasteiger partial charge < -0.3 is 23.8 Å². The van der Waals surface area contributed by atoms with E-state index in [0.29, 0.717) is 19.6 Å². The highest BCUT2D eigenvalue weighted by Crippen LogP contribution is 2.54. The predicted molar refractivity (Wildman–Crippen MR) is 164 cm³/mol. The van der Waals surface area contributed by atoms with E-state index in [1.54, 1.807) is 0 Å². The Hall–Kier alpha value is 0.451. The summed E-state index contributed by atoms with van der Waals surface area (Å²) in [4.78, 5) is 0. The summed E-state index contributed by atoms with van der Waals surface area (Å²) in [5.41, 5.74) is -0.897. The Labute approximate surface area is 228 Å². The van der Waals surface area contributed by atoms with Gasteiger partial charge in [-0.25, -0.2) is 0 Å². The minimum atomic E-state index is -2.19. The van der Waals surface area contributed by atoms with Crippen LogP contribution in [0.5, 0.6) is 0 Å². The van der Waals surface area contributed by atoms with E-state index in [4.69, 9.17) is 13.6 Å². The van der Waals surface area contributed by atoms with Gasteiger partial charge in [-0.2, -0.15) is 0 Å². The summed E-state index contributed by atoms with van der Waals surface area (Å²) in [6, 6.07) is 0.997. The van der Waals surface area contributed by atoms with Gasteiger partial charge in [0.2, 0.25) is 0 Å². The third kappa shape index (κ3) is 8.47. The van der Waals surface area contributed by atoms with E-state index >= 15 is 0 Å². The topological polar surface area (TPSA) is 68.2 Å². The number of ether oxygens (including phenoxy) is 1. The molecule has 0 rings (SSSR count). The van der Waals surface area contributed by atoms with E-state index in [1.807, 2.05) is 6.92 Å². The lowest BCUT2D eigenvalue weighted by Gasteiger charge is -2.57. The van der Waals surface area contributed by atoms with Gasteiger partial charge in [0.15, 0.2) is 16.6 Å². The van der Waals surface area contributed by atoms with Gasteiger partial charge in [0.1, 0.15) is 0 Å². The average molecular weight is 565 g/mol. The molecule has 0 radical (unpaired) electrons. The lowest BCUT2D eigenvalue weighted by atomic mass is 9.88. The molecule has 0 aromatic carbocycles. The summed E-state index contributed by atoms with van der Waals surface area (Å²) in [6.45, 7) is 37.9. The first-order valence-corrected chi connectivity index (χ1v) is 23.0. The molecule has 0 saturated carbocycles. The van der Waals surface area contributed by atoms with Crippen molar-refractivity contribution in [3.05, 3.63) is 0 Å². The van der Waals surface area contributed by atoms with Crippen LogP contribution in [0.4, 0.5) is 0 Å². The Bertz CT molecular complexity index is 665. The first kappa shape index (κ1) is 36.5. The molecular formula is C28H64O5Si3. The fourth-order valence-electron chi connectivity index (χ4n) is 4.18. The van der Waals surface area contributed by atoms with Gasteiger partial charge in [-0.1, -0.05) is 61.2 Å². The van der Waals surface area contributed by atoms with Crippen molar-refractivity contribution in [1.82, 2.24) is 0 Å². The zero-order valence-electron chi connectivity index (χ0n) is 27.1. The fourth-order valence-corrected chi connectivity index (χ4v) is 12.7. The third-order valence-electron chi connectivity index (χ3n) is 10.2. The van der Waals surface area contributed by atoms with Gasteiger partial charge in [0.25, 0.3) is 0 Å². The van der Waals surface area contributed by atoms with Crippen LogP contribution in [-0.4, -0.2) is 72.2 Å². The summed E-state index contributed by atoms with van der Waals surface area (Å²) in [7, 11) is -5.90. The molecule has 0 aromatic heterocycles. The van der Waals surface area contributed by atoms with Crippen LogP contribution in [0.3, 0.4) is 0 Å². The van der Waals surface area contributed by atoms with Crippen molar-refractivity contribution < 1.29 is 23.8 Å². The lowest BCUT2D eigenvalue weighted by Crippen LogP contribution is -2.63. The molecule has 8 heteroatoms. The van der Waals surface area contributed by atoms with Gasteiger partial charge in [0, 0.05) is 22.3 Å². The number of hydrogen-bond acceptors (Lipinski definition) is 5. The molecule has 0 fully saturated rings. The molecule has 1 atom stereocenters. The molecule has 0 aromatic rings. The van der Waals surface area contributed by atoms with E-state index in [0.717, 1.165) is 12.5 Å². The normalized spacial score (nSPS) is 16.8. The molecule has 0 bridgehead atoms. The van der Waals surface area contributed by atoms with Crippen molar-refractivity contribution in [2.75, 3.05) is 26.4 Å². The van der Waals surface area contributed by atoms with Gasteiger partial charge in [-0.05, 0) is 71.3 Å². The van der Waals surface area contributed by atoms with E-state index in [9.17, 15) is 10.2 Å². The highest BCUT2D eigenvalue weighted by Gasteiger charge is 2.57. The van der Waals surface area contributed by atoms with Gasteiger partial charge in [-0.15, -0.1) is 0 Å². The smallest absolute Gasteiger partial charge is 0.195 e. The van der Waals surface area contributed by atoms with Crippen LogP contribution in [-0.2, 0) is 13.6 Å². The standard InChI is InChI=1S/C28H64O5Si3/c1-17-28(21-29,22-30)23-31-19-18-20-36(16,24(2,3)4)32-25(5,6)26(7,8)35(14,15)33-27(9,10)34(11,12)13/h29-30H,17-23H2,1-16H3. The number of aliphatic hydroxyl groups excluding tert-OH is 2. The molecule has 0 heterocycles. The maximum Gasteiger partial charge on any atom is 0.195 e. The highest BCUT2D eigenvalue weighted by atomic mass is 28.4. The Morgan fingerprint density at radius 1 is 0.722 bits per heavy atom. The molecule has 0 saturated heterocycles. The Balaban J connectivity index is 5.69. The minimum Gasteiger partial charge on any atom is -0.415 e. The Morgan fingerprint density at radius 2 is 1.19 bits per heavy atom. The molecule has 5 nitrogen and oxygen atoms in total. The zero-order chi connectivity index (χ0) is 29.1. The van der Waals surface area contributed by atoms with Crippen molar-refractivity contribution in [2.24, 2.45) is 5.41 Å². The monoisotopic (exact) mass is 564 g/mol. The van der Waals surface area contributed by atoms with Gasteiger partial charge in [-0.3, -0.25) is 0 Å². The van der Waals surface area contributed by atoms with Crippen LogP contribution in [0.25, 0.3) is 0 Å². The molecule has 0 aliphatic rings. The summed E-state index contributed by atoms with van der Waals surface area (Å²) in [6.07, 6.45) is 1.60. The maximum absolute atomic E-state index is 9.70. The van der Waals surface area contributed by atoms with E-state index in [2.05, 4.69) is 102 Å². The molecule has 218 valence electrons. The second kappa shape index (κ2) is 12.3. The van der Waals surface area contributed by atoms with Crippen molar-refractivity contribution >= 4 is 24.7 Å². The first-order valence-electron chi connectivity index (χ1n) is 14.0. The van der Waals surface area contributed by atoms with Crippen molar-refractivity contribution in [3.8, 4) is 0 Å². The van der Waals surface area contributed by atoms with Gasteiger partial charge in [0.05, 0.1) is 33.5 Å². The summed E-state index contributed by atoms with van der Waals surface area (Å²) in [5, 5.41) is 19.2. The number of rotatable bonds is 16. The summed E-state index contributed by atoms with van der Waals surface area (Å²) < 4.78 is 20.4. The second-order valence-electron chi connectivity index (χ2n) is 15.4. The molecule has 0 amide bonds. The quantitative estimate of drug-likeness (QED) is 0.149. The largest absolute Gasteiger partial charge is 0.415 e. The predicted octanol–water partition coefficient (Wildman–Crippen LogP) is 7.60. The molecule has 0 spiro atoms. The SMILES string of the molecule is CCC(CO)(CO)COCCC[Si](C)(OC(C)(C)C(C)(C)[Si](C)(C)OC(C)(C)[Si](C)(C)C)C(C)(C)C. The van der Waals surface area contributed by atoms with E-state index < -0.39 is 30.1 Å². The van der Waals surface area contributed by atoms with Crippen molar-refractivity contribution in [1.29, 1.82) is 0 Å². The summed E-state index contributed by atoms with van der Waals surface area (Å²) in [5.74, 6) is 0. The minimum absolute atomic E-state index is 0.0584.